The van der Waals surface area contributed by atoms with Gasteiger partial charge >= 0.3 is 0 Å². The van der Waals surface area contributed by atoms with Crippen LogP contribution in [0.2, 0.25) is 0 Å². The van der Waals surface area contributed by atoms with Crippen LogP contribution in [0.15, 0.2) is 24.8 Å². The first-order valence-electron chi connectivity index (χ1n) is 5.21. The van der Waals surface area contributed by atoms with Gasteiger partial charge in [0.05, 0.1) is 11.7 Å². The summed E-state index contributed by atoms with van der Waals surface area (Å²) in [6.45, 7) is 7.74. The van der Waals surface area contributed by atoms with E-state index in [1.807, 2.05) is 0 Å². The minimum absolute atomic E-state index is 0.159. The highest BCUT2D eigenvalue weighted by molar-refractivity contribution is 5.31. The fraction of sp³-hybridized carbons (Fsp3) is 0.667. The maximum absolute atomic E-state index is 10.3. The average Bonchev–Trinajstić information content (AvgIpc) is 2.17. The molecule has 0 spiro atoms. The number of fused-ring (bicyclic) bond motifs is 1. The predicted octanol–water partition coefficient (Wildman–Crippen LogP) is 1.90. The summed E-state index contributed by atoms with van der Waals surface area (Å²) in [4.78, 5) is 0. The quantitative estimate of drug-likeness (QED) is 0.680. The van der Waals surface area contributed by atoms with Crippen LogP contribution in [-0.2, 0) is 4.74 Å². The van der Waals surface area contributed by atoms with E-state index in [2.05, 4.69) is 13.2 Å². The summed E-state index contributed by atoms with van der Waals surface area (Å²) >= 11 is 0. The van der Waals surface area contributed by atoms with Gasteiger partial charge in [0.15, 0.2) is 0 Å². The smallest absolute Gasteiger partial charge is 0.0894 e. The van der Waals surface area contributed by atoms with Gasteiger partial charge in [-0.05, 0) is 30.8 Å². The van der Waals surface area contributed by atoms with Crippen molar-refractivity contribution in [1.29, 1.82) is 0 Å². The summed E-state index contributed by atoms with van der Waals surface area (Å²) in [6, 6.07) is 0. The van der Waals surface area contributed by atoms with Gasteiger partial charge in [0.2, 0.25) is 0 Å². The van der Waals surface area contributed by atoms with E-state index in [9.17, 15) is 5.11 Å². The molecule has 1 N–H and O–H groups in total. The van der Waals surface area contributed by atoms with Gasteiger partial charge in [-0.3, -0.25) is 0 Å². The second-order valence-corrected chi connectivity index (χ2v) is 4.46. The van der Waals surface area contributed by atoms with Crippen molar-refractivity contribution in [3.05, 3.63) is 24.8 Å². The molecule has 4 unspecified atom stereocenters. The molecule has 0 heterocycles. The van der Waals surface area contributed by atoms with Crippen LogP contribution in [0.25, 0.3) is 0 Å². The molecule has 2 fully saturated rings. The van der Waals surface area contributed by atoms with E-state index in [4.69, 9.17) is 4.74 Å². The van der Waals surface area contributed by atoms with Crippen molar-refractivity contribution in [2.45, 2.75) is 31.0 Å². The average molecular weight is 194 g/mol. The van der Waals surface area contributed by atoms with Gasteiger partial charge in [0.1, 0.15) is 0 Å². The molecule has 2 rings (SSSR count). The Bertz CT molecular complexity index is 271. The van der Waals surface area contributed by atoms with Gasteiger partial charge in [-0.1, -0.05) is 12.7 Å². The molecular formula is C12H18O2. The molecule has 14 heavy (non-hydrogen) atoms. The van der Waals surface area contributed by atoms with E-state index >= 15 is 0 Å². The van der Waals surface area contributed by atoms with Crippen LogP contribution >= 0.6 is 0 Å². The van der Waals surface area contributed by atoms with E-state index in [1.165, 1.54) is 0 Å². The van der Waals surface area contributed by atoms with Crippen LogP contribution in [0.1, 0.15) is 19.3 Å². The molecule has 0 aliphatic heterocycles. The third-order valence-electron chi connectivity index (χ3n) is 3.84. The molecule has 2 heteroatoms. The van der Waals surface area contributed by atoms with E-state index in [1.54, 1.807) is 13.2 Å². The summed E-state index contributed by atoms with van der Waals surface area (Å²) in [6.07, 6.45) is 4.84. The summed E-state index contributed by atoms with van der Waals surface area (Å²) < 4.78 is 5.36. The first-order valence-corrected chi connectivity index (χ1v) is 5.21. The minimum atomic E-state index is -0.727. The van der Waals surface area contributed by atoms with Crippen molar-refractivity contribution in [2.75, 3.05) is 7.11 Å². The van der Waals surface area contributed by atoms with Crippen molar-refractivity contribution < 1.29 is 9.84 Å². The molecule has 0 radical (unpaired) electrons. The standard InChI is InChI=1S/C12H18O2/c1-4-12(13)7-5-6-9-10(12)8(2)11(9)14-3/h4,9-11,13H,1-2,5-7H2,3H3. The SMILES string of the molecule is C=CC1(O)CCCC2C(OC)C(=C)C21. The minimum Gasteiger partial charge on any atom is -0.385 e. The van der Waals surface area contributed by atoms with E-state index in [0.717, 1.165) is 24.8 Å². The number of rotatable bonds is 2. The van der Waals surface area contributed by atoms with Crippen molar-refractivity contribution in [3.8, 4) is 0 Å². The van der Waals surface area contributed by atoms with Crippen LogP contribution in [0.3, 0.4) is 0 Å². The van der Waals surface area contributed by atoms with Gasteiger partial charge < -0.3 is 9.84 Å². The zero-order valence-electron chi connectivity index (χ0n) is 8.70. The van der Waals surface area contributed by atoms with Crippen molar-refractivity contribution >= 4 is 0 Å². The van der Waals surface area contributed by atoms with Crippen molar-refractivity contribution in [1.82, 2.24) is 0 Å². The van der Waals surface area contributed by atoms with Crippen LogP contribution in [0.5, 0.6) is 0 Å². The molecule has 0 aromatic heterocycles. The summed E-state index contributed by atoms with van der Waals surface area (Å²) in [5.41, 5.74) is 0.314. The molecule has 2 nitrogen and oxygen atoms in total. The van der Waals surface area contributed by atoms with Gasteiger partial charge in [0, 0.05) is 13.0 Å². The highest BCUT2D eigenvalue weighted by Crippen LogP contribution is 2.54. The van der Waals surface area contributed by atoms with Crippen LogP contribution in [-0.4, -0.2) is 23.9 Å². The zero-order chi connectivity index (χ0) is 10.3. The number of ether oxygens (including phenoxy) is 1. The number of methoxy groups -OCH3 is 1. The third-order valence-corrected chi connectivity index (χ3v) is 3.84. The first kappa shape index (κ1) is 9.94. The highest BCUT2D eigenvalue weighted by Gasteiger charge is 2.55. The van der Waals surface area contributed by atoms with Crippen molar-refractivity contribution in [3.63, 3.8) is 0 Å². The largest absolute Gasteiger partial charge is 0.385 e. The fourth-order valence-electron chi connectivity index (χ4n) is 3.12. The molecule has 4 atom stereocenters. The fourth-order valence-corrected chi connectivity index (χ4v) is 3.12. The van der Waals surface area contributed by atoms with Gasteiger partial charge in [-0.2, -0.15) is 0 Å². The lowest BCUT2D eigenvalue weighted by Crippen LogP contribution is -2.58. The predicted molar refractivity (Wildman–Crippen MR) is 55.9 cm³/mol. The second kappa shape index (κ2) is 3.21. The first-order chi connectivity index (χ1) is 6.64. The zero-order valence-corrected chi connectivity index (χ0v) is 8.70. The molecule has 2 saturated carbocycles. The van der Waals surface area contributed by atoms with Gasteiger partial charge in [-0.15, -0.1) is 6.58 Å². The summed E-state index contributed by atoms with van der Waals surface area (Å²) in [5, 5.41) is 10.3. The maximum atomic E-state index is 10.3. The third kappa shape index (κ3) is 1.11. The Morgan fingerprint density at radius 1 is 1.64 bits per heavy atom. The molecular weight excluding hydrogens is 176 g/mol. The normalized spacial score (nSPS) is 46.7. The lowest BCUT2D eigenvalue weighted by atomic mass is 9.54. The Morgan fingerprint density at radius 3 is 2.93 bits per heavy atom. The molecule has 78 valence electrons. The van der Waals surface area contributed by atoms with Crippen molar-refractivity contribution in [2.24, 2.45) is 11.8 Å². The topological polar surface area (TPSA) is 29.5 Å². The monoisotopic (exact) mass is 194 g/mol. The number of hydrogen-bond acceptors (Lipinski definition) is 2. The number of hydrogen-bond donors (Lipinski definition) is 1. The Hall–Kier alpha value is -0.600. The Morgan fingerprint density at radius 2 is 2.36 bits per heavy atom. The second-order valence-electron chi connectivity index (χ2n) is 4.46. The van der Waals surface area contributed by atoms with Crippen LogP contribution in [0, 0.1) is 11.8 Å². The maximum Gasteiger partial charge on any atom is 0.0894 e. The van der Waals surface area contributed by atoms with Gasteiger partial charge in [-0.25, -0.2) is 0 Å². The Balaban J connectivity index is 2.21. The number of aliphatic hydroxyl groups is 1. The molecule has 2 aliphatic carbocycles. The molecule has 0 bridgehead atoms. The van der Waals surface area contributed by atoms with E-state index in [0.29, 0.717) is 5.92 Å². The molecule has 0 aromatic rings. The molecule has 0 saturated heterocycles. The van der Waals surface area contributed by atoms with Gasteiger partial charge in [0.25, 0.3) is 0 Å². The van der Waals surface area contributed by atoms with Crippen LogP contribution in [0.4, 0.5) is 0 Å². The van der Waals surface area contributed by atoms with Crippen LogP contribution < -0.4 is 0 Å². The summed E-state index contributed by atoms with van der Waals surface area (Å²) in [5.74, 6) is 0.628. The lowest BCUT2D eigenvalue weighted by molar-refractivity contribution is -0.111. The van der Waals surface area contributed by atoms with E-state index in [-0.39, 0.29) is 12.0 Å². The molecule has 0 amide bonds. The Kier molecular flexibility index (Phi) is 2.28. The Labute approximate surface area is 85.3 Å². The molecule has 0 aromatic carbocycles. The highest BCUT2D eigenvalue weighted by atomic mass is 16.5. The summed E-state index contributed by atoms with van der Waals surface area (Å²) in [7, 11) is 1.72. The lowest BCUT2D eigenvalue weighted by Gasteiger charge is -2.55. The molecule has 2 aliphatic rings. The van der Waals surface area contributed by atoms with E-state index < -0.39 is 5.60 Å².